The van der Waals surface area contributed by atoms with Crippen molar-refractivity contribution < 1.29 is 14.7 Å². The van der Waals surface area contributed by atoms with Crippen LogP contribution < -0.4 is 5.73 Å². The van der Waals surface area contributed by atoms with Crippen LogP contribution in [0.1, 0.15) is 110 Å². The Morgan fingerprint density at radius 1 is 0.792 bits per heavy atom. The van der Waals surface area contributed by atoms with Crippen molar-refractivity contribution in [1.29, 1.82) is 0 Å². The molecular formula is C20H39NO3. The Bertz CT molecular complexity index is 344. The van der Waals surface area contributed by atoms with Crippen LogP contribution in [0.5, 0.6) is 0 Å². The highest BCUT2D eigenvalue weighted by Crippen LogP contribution is 2.30. The predicted octanol–water partition coefficient (Wildman–Crippen LogP) is 5.43. The van der Waals surface area contributed by atoms with Gasteiger partial charge in [0.25, 0.3) is 0 Å². The van der Waals surface area contributed by atoms with Crippen LogP contribution in [0.25, 0.3) is 0 Å². The summed E-state index contributed by atoms with van der Waals surface area (Å²) in [5, 5.41) is 8.78. The molecule has 0 saturated heterocycles. The number of amides is 1. The highest BCUT2D eigenvalue weighted by atomic mass is 16.4. The standard InChI is InChI=1S/C20H39NO3/c1-3-4-5-6-7-8-9-10-11-12-13-14-16-20(2,19(21)24)17-15-18(22)23/h3-17H2,1-2H3,(H2,21,24)(H,22,23). The van der Waals surface area contributed by atoms with Crippen LogP contribution in [0.3, 0.4) is 0 Å². The lowest BCUT2D eigenvalue weighted by Gasteiger charge is -2.25. The third kappa shape index (κ3) is 12.4. The molecule has 142 valence electrons. The SMILES string of the molecule is CCCCCCCCCCCCCCC(C)(CCC(=O)O)C(N)=O. The number of unbranched alkanes of at least 4 members (excludes halogenated alkanes) is 11. The molecule has 0 aliphatic rings. The van der Waals surface area contributed by atoms with Crippen molar-refractivity contribution in [3.05, 3.63) is 0 Å². The van der Waals surface area contributed by atoms with E-state index in [4.69, 9.17) is 10.8 Å². The van der Waals surface area contributed by atoms with E-state index in [1.165, 1.54) is 64.2 Å². The first-order valence-corrected chi connectivity index (χ1v) is 9.94. The second kappa shape index (κ2) is 14.3. The van der Waals surface area contributed by atoms with E-state index in [-0.39, 0.29) is 12.3 Å². The molecule has 0 saturated carbocycles. The largest absolute Gasteiger partial charge is 0.481 e. The molecule has 4 nitrogen and oxygen atoms in total. The topological polar surface area (TPSA) is 80.4 Å². The number of carboxylic acids is 1. The molecule has 0 aromatic carbocycles. The number of aliphatic carboxylic acids is 1. The van der Waals surface area contributed by atoms with Gasteiger partial charge < -0.3 is 10.8 Å². The molecule has 0 aromatic heterocycles. The molecule has 4 heteroatoms. The van der Waals surface area contributed by atoms with Gasteiger partial charge in [0.1, 0.15) is 0 Å². The minimum Gasteiger partial charge on any atom is -0.481 e. The van der Waals surface area contributed by atoms with Gasteiger partial charge in [0.15, 0.2) is 0 Å². The normalized spacial score (nSPS) is 13.6. The fourth-order valence-electron chi connectivity index (χ4n) is 3.11. The van der Waals surface area contributed by atoms with E-state index in [0.29, 0.717) is 12.8 Å². The number of hydrogen-bond donors (Lipinski definition) is 2. The van der Waals surface area contributed by atoms with Crippen LogP contribution in [0, 0.1) is 5.41 Å². The summed E-state index contributed by atoms with van der Waals surface area (Å²) in [7, 11) is 0. The molecule has 1 atom stereocenters. The smallest absolute Gasteiger partial charge is 0.303 e. The average Bonchev–Trinajstić information content (AvgIpc) is 2.53. The summed E-state index contributed by atoms with van der Waals surface area (Å²) < 4.78 is 0. The van der Waals surface area contributed by atoms with Gasteiger partial charge in [-0.1, -0.05) is 90.9 Å². The minimum absolute atomic E-state index is 0.0116. The molecule has 1 amide bonds. The zero-order valence-corrected chi connectivity index (χ0v) is 15.9. The van der Waals surface area contributed by atoms with E-state index < -0.39 is 11.4 Å². The zero-order chi connectivity index (χ0) is 18.3. The lowest BCUT2D eigenvalue weighted by molar-refractivity contribution is -0.138. The Labute approximate surface area is 148 Å². The Hall–Kier alpha value is -1.06. The zero-order valence-electron chi connectivity index (χ0n) is 15.9. The Morgan fingerprint density at radius 3 is 1.58 bits per heavy atom. The summed E-state index contributed by atoms with van der Waals surface area (Å²) in [5.74, 6) is -1.23. The molecule has 0 bridgehead atoms. The summed E-state index contributed by atoms with van der Waals surface area (Å²) in [6, 6.07) is 0. The van der Waals surface area contributed by atoms with E-state index >= 15 is 0 Å². The van der Waals surface area contributed by atoms with Crippen molar-refractivity contribution in [1.82, 2.24) is 0 Å². The molecule has 24 heavy (non-hydrogen) atoms. The Kier molecular flexibility index (Phi) is 13.7. The highest BCUT2D eigenvalue weighted by molar-refractivity contribution is 5.81. The van der Waals surface area contributed by atoms with Crippen LogP contribution in [-0.4, -0.2) is 17.0 Å². The second-order valence-corrected chi connectivity index (χ2v) is 7.46. The maximum atomic E-state index is 11.6. The van der Waals surface area contributed by atoms with Gasteiger partial charge in [0.2, 0.25) is 5.91 Å². The molecule has 0 aliphatic heterocycles. The third-order valence-electron chi connectivity index (χ3n) is 5.07. The van der Waals surface area contributed by atoms with E-state index in [0.717, 1.165) is 12.8 Å². The highest BCUT2D eigenvalue weighted by Gasteiger charge is 2.30. The number of carbonyl (C=O) groups excluding carboxylic acids is 1. The van der Waals surface area contributed by atoms with Crippen LogP contribution in [0.15, 0.2) is 0 Å². The molecule has 0 radical (unpaired) electrons. The molecule has 0 heterocycles. The van der Waals surface area contributed by atoms with Crippen LogP contribution in [-0.2, 0) is 9.59 Å². The molecule has 0 aliphatic carbocycles. The van der Waals surface area contributed by atoms with Crippen molar-refractivity contribution in [3.8, 4) is 0 Å². The minimum atomic E-state index is -0.864. The lowest BCUT2D eigenvalue weighted by atomic mass is 9.79. The third-order valence-corrected chi connectivity index (χ3v) is 5.07. The summed E-state index contributed by atoms with van der Waals surface area (Å²) in [4.78, 5) is 22.3. The van der Waals surface area contributed by atoms with Gasteiger partial charge in [-0.05, 0) is 12.8 Å². The molecule has 0 fully saturated rings. The van der Waals surface area contributed by atoms with Gasteiger partial charge in [-0.2, -0.15) is 0 Å². The van der Waals surface area contributed by atoms with Crippen molar-refractivity contribution in [2.24, 2.45) is 11.1 Å². The summed E-state index contributed by atoms with van der Waals surface area (Å²) in [5.41, 5.74) is 4.79. The van der Waals surface area contributed by atoms with Gasteiger partial charge in [0, 0.05) is 11.8 Å². The van der Waals surface area contributed by atoms with Gasteiger partial charge in [-0.25, -0.2) is 0 Å². The number of rotatable bonds is 17. The van der Waals surface area contributed by atoms with Crippen LogP contribution in [0.2, 0.25) is 0 Å². The molecule has 0 spiro atoms. The van der Waals surface area contributed by atoms with Gasteiger partial charge in [-0.15, -0.1) is 0 Å². The maximum Gasteiger partial charge on any atom is 0.303 e. The fourth-order valence-corrected chi connectivity index (χ4v) is 3.11. The quantitative estimate of drug-likeness (QED) is 0.346. The van der Waals surface area contributed by atoms with Gasteiger partial charge in [0.05, 0.1) is 0 Å². The number of primary amides is 1. The first kappa shape index (κ1) is 22.9. The van der Waals surface area contributed by atoms with E-state index in [1.807, 2.05) is 0 Å². The Morgan fingerprint density at radius 2 is 1.21 bits per heavy atom. The summed E-state index contributed by atoms with van der Waals surface area (Å²) in [6.07, 6.45) is 16.4. The van der Waals surface area contributed by atoms with E-state index in [1.54, 1.807) is 6.92 Å². The van der Waals surface area contributed by atoms with Gasteiger partial charge >= 0.3 is 5.97 Å². The number of carbonyl (C=O) groups is 2. The number of hydrogen-bond acceptors (Lipinski definition) is 2. The van der Waals surface area contributed by atoms with Crippen molar-refractivity contribution in [3.63, 3.8) is 0 Å². The number of nitrogens with two attached hydrogens (primary N) is 1. The average molecular weight is 342 g/mol. The van der Waals surface area contributed by atoms with Crippen LogP contribution >= 0.6 is 0 Å². The molecule has 0 rings (SSSR count). The van der Waals surface area contributed by atoms with E-state index in [9.17, 15) is 9.59 Å². The first-order chi connectivity index (χ1) is 11.4. The lowest BCUT2D eigenvalue weighted by Crippen LogP contribution is -2.34. The van der Waals surface area contributed by atoms with E-state index in [2.05, 4.69) is 6.92 Å². The summed E-state index contributed by atoms with van der Waals surface area (Å²) >= 11 is 0. The summed E-state index contributed by atoms with van der Waals surface area (Å²) in [6.45, 7) is 4.05. The van der Waals surface area contributed by atoms with Crippen LogP contribution in [0.4, 0.5) is 0 Å². The predicted molar refractivity (Wildman–Crippen MR) is 99.9 cm³/mol. The molecule has 3 N–H and O–H groups in total. The first-order valence-electron chi connectivity index (χ1n) is 9.94. The fraction of sp³-hybridized carbons (Fsp3) is 0.900. The Balaban J connectivity index is 3.59. The number of carboxylic acid groups (broad SMARTS) is 1. The monoisotopic (exact) mass is 341 g/mol. The van der Waals surface area contributed by atoms with Gasteiger partial charge in [-0.3, -0.25) is 9.59 Å². The molecule has 0 aromatic rings. The molecule has 1 unspecified atom stereocenters. The van der Waals surface area contributed by atoms with Crippen molar-refractivity contribution in [2.75, 3.05) is 0 Å². The second-order valence-electron chi connectivity index (χ2n) is 7.46. The maximum absolute atomic E-state index is 11.6. The van der Waals surface area contributed by atoms with Crippen molar-refractivity contribution >= 4 is 11.9 Å². The van der Waals surface area contributed by atoms with Crippen molar-refractivity contribution in [2.45, 2.75) is 110 Å². The molecular weight excluding hydrogens is 302 g/mol.